The number of hydrogen-bond donors (Lipinski definition) is 1. The van der Waals surface area contributed by atoms with Crippen LogP contribution in [0.25, 0.3) is 0 Å². The van der Waals surface area contributed by atoms with E-state index in [2.05, 4.69) is 0 Å². The normalized spacial score (nSPS) is 8.36. The van der Waals surface area contributed by atoms with Crippen LogP contribution in [0.3, 0.4) is 0 Å². The molecule has 0 spiro atoms. The van der Waals surface area contributed by atoms with Crippen molar-refractivity contribution in [3.8, 4) is 0 Å². The summed E-state index contributed by atoms with van der Waals surface area (Å²) in [5.41, 5.74) is 0.843. The molecular weight excluding hydrogens is 156 g/mol. The highest BCUT2D eigenvalue weighted by Gasteiger charge is 1.96. The Labute approximate surface area is 69.9 Å². The molecule has 1 aromatic rings. The van der Waals surface area contributed by atoms with Crippen molar-refractivity contribution in [2.24, 2.45) is 0 Å². The van der Waals surface area contributed by atoms with Crippen LogP contribution in [0.4, 0.5) is 0 Å². The van der Waals surface area contributed by atoms with Gasteiger partial charge in [-0.15, -0.1) is 0 Å². The zero-order valence-corrected chi connectivity index (χ0v) is 5.45. The van der Waals surface area contributed by atoms with E-state index in [1.54, 1.807) is 12.1 Å². The molecule has 1 rings (SSSR count). The second kappa shape index (κ2) is 4.68. The largest absolute Gasteiger partial charge is 0.481 e. The molecule has 0 amide bonds. The number of rotatable bonds is 2. The first-order valence-electron chi connectivity index (χ1n) is 3.05. The number of hydrogen-bond acceptors (Lipinski definition) is 1. The van der Waals surface area contributed by atoms with Gasteiger partial charge in [0.25, 0.3) is 0 Å². The molecule has 1 N–H and O–H groups in total. The summed E-state index contributed by atoms with van der Waals surface area (Å²) in [5, 5.41) is 8.37. The first-order valence-corrected chi connectivity index (χ1v) is 3.05. The van der Waals surface area contributed by atoms with Crippen LogP contribution in [0.5, 0.6) is 0 Å². The van der Waals surface area contributed by atoms with Gasteiger partial charge in [0.1, 0.15) is 0 Å². The first-order chi connectivity index (χ1) is 4.79. The van der Waals surface area contributed by atoms with Gasteiger partial charge in [-0.3, -0.25) is 4.79 Å². The maximum Gasteiger partial charge on any atom is 0.307 e. The maximum atomic E-state index is 10.2. The van der Waals surface area contributed by atoms with E-state index in [0.29, 0.717) is 0 Å². The fraction of sp³-hybridized carbons (Fsp3) is 0.125. The smallest absolute Gasteiger partial charge is 0.307 e. The highest BCUT2D eigenvalue weighted by Crippen LogP contribution is 1.98. The van der Waals surface area contributed by atoms with Gasteiger partial charge < -0.3 is 5.11 Å². The zero-order chi connectivity index (χ0) is 7.40. The first kappa shape index (κ1) is 9.91. The monoisotopic (exact) mass is 168 g/mol. The molecule has 11 heavy (non-hydrogen) atoms. The van der Waals surface area contributed by atoms with Crippen LogP contribution in [-0.4, -0.2) is 22.0 Å². The Kier molecular flexibility index (Phi) is 4.22. The van der Waals surface area contributed by atoms with E-state index in [1.807, 2.05) is 18.2 Å². The second-order valence-electron chi connectivity index (χ2n) is 2.06. The minimum Gasteiger partial charge on any atom is -0.481 e. The summed E-state index contributed by atoms with van der Waals surface area (Å²) >= 11 is 0. The molecule has 0 fully saturated rings. The predicted molar refractivity (Wildman–Crippen MR) is 49.1 cm³/mol. The Bertz CT molecular complexity index is 221. The quantitative estimate of drug-likeness (QED) is 0.624. The zero-order valence-electron chi connectivity index (χ0n) is 5.45. The fourth-order valence-electron chi connectivity index (χ4n) is 0.770. The van der Waals surface area contributed by atoms with Crippen molar-refractivity contribution in [3.63, 3.8) is 0 Å². The topological polar surface area (TPSA) is 37.3 Å². The second-order valence-corrected chi connectivity index (χ2v) is 2.06. The van der Waals surface area contributed by atoms with Crippen molar-refractivity contribution in [3.05, 3.63) is 35.9 Å². The highest BCUT2D eigenvalue weighted by molar-refractivity contribution is 5.75. The third kappa shape index (κ3) is 3.57. The number of benzene rings is 1. The molecule has 0 aliphatic rings. The lowest BCUT2D eigenvalue weighted by atomic mass is 10.2. The SMILES string of the molecule is O=C(O)Cc1ccccc1.[SiH4]. The molecule has 0 atom stereocenters. The van der Waals surface area contributed by atoms with Gasteiger partial charge in [-0.2, -0.15) is 0 Å². The minimum absolute atomic E-state index is 0. The van der Waals surface area contributed by atoms with Crippen LogP contribution < -0.4 is 0 Å². The van der Waals surface area contributed by atoms with Gasteiger partial charge in [-0.25, -0.2) is 0 Å². The summed E-state index contributed by atoms with van der Waals surface area (Å²) in [7, 11) is 0. The molecule has 2 nitrogen and oxygen atoms in total. The molecule has 3 heteroatoms. The molecule has 0 aliphatic carbocycles. The van der Waals surface area contributed by atoms with Crippen LogP contribution in [-0.2, 0) is 11.2 Å². The molecule has 0 bridgehead atoms. The van der Waals surface area contributed by atoms with Crippen molar-refractivity contribution < 1.29 is 9.90 Å². The highest BCUT2D eigenvalue weighted by atomic mass is 28.1. The number of carbonyl (C=O) groups is 1. The lowest BCUT2D eigenvalue weighted by Crippen LogP contribution is -1.98. The standard InChI is InChI=1S/C8H8O2.H4Si/c9-8(10)6-7-4-2-1-3-5-7;/h1-5H,6H2,(H,9,10);1H4. The molecule has 0 unspecified atom stereocenters. The molecule has 0 aromatic heterocycles. The van der Waals surface area contributed by atoms with E-state index in [4.69, 9.17) is 5.11 Å². The molecule has 0 saturated heterocycles. The van der Waals surface area contributed by atoms with E-state index in [-0.39, 0.29) is 17.4 Å². The molecule has 0 radical (unpaired) electrons. The summed E-state index contributed by atoms with van der Waals surface area (Å²) in [5.74, 6) is -0.786. The van der Waals surface area contributed by atoms with Gasteiger partial charge >= 0.3 is 5.97 Å². The summed E-state index contributed by atoms with van der Waals surface area (Å²) in [6.07, 6.45) is 0.112. The van der Waals surface area contributed by atoms with Crippen LogP contribution >= 0.6 is 0 Å². The van der Waals surface area contributed by atoms with Gasteiger partial charge in [0.2, 0.25) is 0 Å². The van der Waals surface area contributed by atoms with E-state index in [0.717, 1.165) is 5.56 Å². The summed E-state index contributed by atoms with van der Waals surface area (Å²) in [6.45, 7) is 0. The Morgan fingerprint density at radius 2 is 1.82 bits per heavy atom. The van der Waals surface area contributed by atoms with Gasteiger partial charge in [0, 0.05) is 0 Å². The van der Waals surface area contributed by atoms with Crippen molar-refractivity contribution in [2.75, 3.05) is 0 Å². The van der Waals surface area contributed by atoms with Crippen LogP contribution in [0, 0.1) is 0 Å². The van der Waals surface area contributed by atoms with Crippen molar-refractivity contribution in [2.45, 2.75) is 6.42 Å². The number of carboxylic acids is 1. The van der Waals surface area contributed by atoms with Gasteiger partial charge in [-0.1, -0.05) is 30.3 Å². The van der Waals surface area contributed by atoms with Gasteiger partial charge in [0.05, 0.1) is 6.42 Å². The van der Waals surface area contributed by atoms with Crippen molar-refractivity contribution >= 4 is 16.9 Å². The fourth-order valence-corrected chi connectivity index (χ4v) is 0.770. The number of aliphatic carboxylic acids is 1. The van der Waals surface area contributed by atoms with E-state index >= 15 is 0 Å². The molecule has 0 aliphatic heterocycles. The van der Waals surface area contributed by atoms with Crippen LogP contribution in [0.2, 0.25) is 0 Å². The average Bonchev–Trinajstić information content (AvgIpc) is 1.88. The Morgan fingerprint density at radius 3 is 2.27 bits per heavy atom. The van der Waals surface area contributed by atoms with Crippen molar-refractivity contribution in [1.82, 2.24) is 0 Å². The van der Waals surface area contributed by atoms with E-state index < -0.39 is 5.97 Å². The van der Waals surface area contributed by atoms with Gasteiger partial charge in [-0.05, 0) is 16.5 Å². The lowest BCUT2D eigenvalue weighted by molar-refractivity contribution is -0.136. The summed E-state index contributed by atoms with van der Waals surface area (Å²) in [4.78, 5) is 10.2. The summed E-state index contributed by atoms with van der Waals surface area (Å²) in [6, 6.07) is 9.13. The molecule has 1 aromatic carbocycles. The van der Waals surface area contributed by atoms with Gasteiger partial charge in [0.15, 0.2) is 0 Å². The van der Waals surface area contributed by atoms with E-state index in [9.17, 15) is 4.79 Å². The number of carboxylic acid groups (broad SMARTS) is 1. The predicted octanol–water partition coefficient (Wildman–Crippen LogP) is -0.138. The molecular formula is C8H12O2Si. The molecule has 60 valence electrons. The Morgan fingerprint density at radius 1 is 1.27 bits per heavy atom. The third-order valence-electron chi connectivity index (χ3n) is 1.20. The van der Waals surface area contributed by atoms with Crippen LogP contribution in [0.1, 0.15) is 5.56 Å². The average molecular weight is 168 g/mol. The lowest BCUT2D eigenvalue weighted by Gasteiger charge is -1.92. The van der Waals surface area contributed by atoms with Crippen LogP contribution in [0.15, 0.2) is 30.3 Å². The third-order valence-corrected chi connectivity index (χ3v) is 1.20. The summed E-state index contributed by atoms with van der Waals surface area (Å²) < 4.78 is 0. The van der Waals surface area contributed by atoms with Crippen molar-refractivity contribution in [1.29, 1.82) is 0 Å². The maximum absolute atomic E-state index is 10.2. The Hall–Kier alpha value is -1.09. The molecule has 0 heterocycles. The minimum atomic E-state index is -0.786. The molecule has 0 saturated carbocycles. The Balaban J connectivity index is 0.000001000. The van der Waals surface area contributed by atoms with E-state index in [1.165, 1.54) is 0 Å².